The molecule has 0 saturated heterocycles. The van der Waals surface area contributed by atoms with Crippen molar-refractivity contribution in [2.75, 3.05) is 11.1 Å². The smallest absolute Gasteiger partial charge is 0.152 e. The Labute approximate surface area is 126 Å². The normalized spacial score (nSPS) is 11.1. The Morgan fingerprint density at radius 2 is 2.11 bits per heavy atom. The van der Waals surface area contributed by atoms with Crippen LogP contribution in [0.4, 0.5) is 17.2 Å². The average molecular weight is 344 g/mol. The van der Waals surface area contributed by atoms with Gasteiger partial charge < -0.3 is 11.1 Å². The summed E-state index contributed by atoms with van der Waals surface area (Å²) in [4.78, 5) is 0. The third kappa shape index (κ3) is 2.87. The lowest BCUT2D eigenvalue weighted by molar-refractivity contribution is 0.536. The molecule has 1 aromatic carbocycles. The van der Waals surface area contributed by atoms with Crippen molar-refractivity contribution in [3.8, 4) is 0 Å². The lowest BCUT2D eigenvalue weighted by atomic mass is 10.3. The van der Waals surface area contributed by atoms with Gasteiger partial charge in [0.15, 0.2) is 5.82 Å². The largest absolute Gasteiger partial charge is 0.394 e. The maximum Gasteiger partial charge on any atom is 0.152 e. The number of nitrogens with two attached hydrogens (primary N) is 1. The number of aryl methyl sites for hydroxylation is 1. The van der Waals surface area contributed by atoms with Crippen LogP contribution in [0.3, 0.4) is 0 Å². The Bertz CT molecular complexity index is 607. The highest BCUT2D eigenvalue weighted by atomic mass is 79.9. The summed E-state index contributed by atoms with van der Waals surface area (Å²) in [5.74, 6) is 0.797. The number of halogens is 2. The van der Waals surface area contributed by atoms with Gasteiger partial charge in [-0.05, 0) is 54.9 Å². The van der Waals surface area contributed by atoms with Crippen molar-refractivity contribution in [1.82, 2.24) is 9.78 Å². The van der Waals surface area contributed by atoms with Crippen molar-refractivity contribution in [2.45, 2.75) is 26.8 Å². The molecule has 102 valence electrons. The Morgan fingerprint density at radius 3 is 2.68 bits per heavy atom. The van der Waals surface area contributed by atoms with Crippen molar-refractivity contribution < 1.29 is 0 Å². The molecule has 0 unspecified atom stereocenters. The first-order chi connectivity index (χ1) is 8.90. The molecule has 0 atom stereocenters. The van der Waals surface area contributed by atoms with Crippen molar-refractivity contribution in [2.24, 2.45) is 0 Å². The molecule has 0 spiro atoms. The molecule has 1 heterocycles. The van der Waals surface area contributed by atoms with Crippen LogP contribution in [0.25, 0.3) is 0 Å². The topological polar surface area (TPSA) is 55.9 Å². The van der Waals surface area contributed by atoms with Crippen LogP contribution in [0.5, 0.6) is 0 Å². The van der Waals surface area contributed by atoms with Crippen LogP contribution in [-0.4, -0.2) is 9.78 Å². The first-order valence-electron chi connectivity index (χ1n) is 5.96. The van der Waals surface area contributed by atoms with Gasteiger partial charge in [-0.2, -0.15) is 5.10 Å². The van der Waals surface area contributed by atoms with E-state index in [1.54, 1.807) is 0 Å². The van der Waals surface area contributed by atoms with Gasteiger partial charge in [0.2, 0.25) is 0 Å². The fourth-order valence-corrected chi connectivity index (χ4v) is 2.20. The lowest BCUT2D eigenvalue weighted by Crippen LogP contribution is -2.08. The fourth-order valence-electron chi connectivity index (χ4n) is 1.77. The van der Waals surface area contributed by atoms with Gasteiger partial charge in [0, 0.05) is 16.2 Å². The van der Waals surface area contributed by atoms with E-state index in [0.29, 0.717) is 10.7 Å². The number of nitrogens with zero attached hydrogens (tertiary/aromatic N) is 2. The number of rotatable bonds is 3. The highest BCUT2D eigenvalue weighted by molar-refractivity contribution is 9.10. The zero-order valence-electron chi connectivity index (χ0n) is 11.0. The van der Waals surface area contributed by atoms with Gasteiger partial charge in [-0.3, -0.25) is 0 Å². The molecule has 0 aliphatic rings. The number of hydrogen-bond acceptors (Lipinski definition) is 3. The molecule has 0 amide bonds. The Balaban J connectivity index is 2.40. The molecule has 2 rings (SSSR count). The predicted octanol–water partition coefficient (Wildman–Crippen LogP) is 4.51. The molecule has 0 radical (unpaired) electrons. The molecule has 2 aromatic rings. The van der Waals surface area contributed by atoms with Gasteiger partial charge in [0.25, 0.3) is 0 Å². The summed E-state index contributed by atoms with van der Waals surface area (Å²) >= 11 is 9.46. The molecular formula is C13H16BrClN4. The highest BCUT2D eigenvalue weighted by Gasteiger charge is 2.15. The summed E-state index contributed by atoms with van der Waals surface area (Å²) in [7, 11) is 0. The van der Waals surface area contributed by atoms with Gasteiger partial charge in [0.05, 0.1) is 16.4 Å². The van der Waals surface area contributed by atoms with Gasteiger partial charge in [-0.15, -0.1) is 0 Å². The van der Waals surface area contributed by atoms with Crippen LogP contribution in [0.1, 0.15) is 25.6 Å². The second-order valence-corrected chi connectivity index (χ2v) is 5.90. The number of nitrogen functional groups attached to an aromatic ring is 1. The second kappa shape index (κ2) is 5.43. The number of nitrogens with one attached hydrogen (secondary N) is 1. The molecular weight excluding hydrogens is 328 g/mol. The van der Waals surface area contributed by atoms with Crippen molar-refractivity contribution >= 4 is 44.7 Å². The van der Waals surface area contributed by atoms with E-state index in [0.717, 1.165) is 21.7 Å². The maximum absolute atomic E-state index is 6.09. The number of aromatic nitrogens is 2. The summed E-state index contributed by atoms with van der Waals surface area (Å²) in [6, 6.07) is 5.90. The van der Waals surface area contributed by atoms with Crippen LogP contribution in [0, 0.1) is 6.92 Å². The molecule has 3 N–H and O–H groups in total. The van der Waals surface area contributed by atoms with Gasteiger partial charge in [0.1, 0.15) is 0 Å². The second-order valence-electron chi connectivity index (χ2n) is 4.64. The van der Waals surface area contributed by atoms with E-state index in [4.69, 9.17) is 17.3 Å². The van der Waals surface area contributed by atoms with Gasteiger partial charge in [-0.1, -0.05) is 11.6 Å². The summed E-state index contributed by atoms with van der Waals surface area (Å²) in [5.41, 5.74) is 8.42. The summed E-state index contributed by atoms with van der Waals surface area (Å²) in [6.45, 7) is 6.02. The van der Waals surface area contributed by atoms with Crippen LogP contribution >= 0.6 is 27.5 Å². The molecule has 4 nitrogen and oxygen atoms in total. The molecule has 0 aliphatic heterocycles. The van der Waals surface area contributed by atoms with Crippen molar-refractivity contribution in [3.05, 3.63) is 33.4 Å². The minimum absolute atomic E-state index is 0.226. The van der Waals surface area contributed by atoms with Gasteiger partial charge in [-0.25, -0.2) is 4.68 Å². The Kier molecular flexibility index (Phi) is 4.06. The quantitative estimate of drug-likeness (QED) is 0.862. The maximum atomic E-state index is 6.09. The zero-order chi connectivity index (χ0) is 14.2. The van der Waals surface area contributed by atoms with Crippen molar-refractivity contribution in [1.29, 1.82) is 0 Å². The average Bonchev–Trinajstić information content (AvgIpc) is 2.62. The van der Waals surface area contributed by atoms with Crippen molar-refractivity contribution in [3.63, 3.8) is 0 Å². The molecule has 0 aliphatic carbocycles. The molecule has 19 heavy (non-hydrogen) atoms. The van der Waals surface area contributed by atoms with E-state index in [1.807, 2.05) is 29.8 Å². The van der Waals surface area contributed by atoms with E-state index < -0.39 is 0 Å². The van der Waals surface area contributed by atoms with Gasteiger partial charge >= 0.3 is 0 Å². The first kappa shape index (κ1) is 14.2. The summed E-state index contributed by atoms with van der Waals surface area (Å²) in [5, 5.41) is 8.36. The Morgan fingerprint density at radius 1 is 1.42 bits per heavy atom. The number of benzene rings is 1. The third-order valence-corrected chi connectivity index (χ3v) is 4.04. The Hall–Kier alpha value is -1.20. The van der Waals surface area contributed by atoms with E-state index in [-0.39, 0.29) is 6.04 Å². The zero-order valence-corrected chi connectivity index (χ0v) is 13.4. The minimum Gasteiger partial charge on any atom is -0.394 e. The molecule has 0 fully saturated rings. The predicted molar refractivity (Wildman–Crippen MR) is 84.2 cm³/mol. The molecule has 1 aromatic heterocycles. The van der Waals surface area contributed by atoms with E-state index >= 15 is 0 Å². The third-order valence-electron chi connectivity index (χ3n) is 2.80. The van der Waals surface area contributed by atoms with Crippen LogP contribution < -0.4 is 11.1 Å². The minimum atomic E-state index is 0.226. The SMILES string of the molecule is Cc1nn(C(C)C)c(Nc2ccc(Br)c(Cl)c2)c1N. The molecule has 0 bridgehead atoms. The standard InChI is InChI=1S/C13H16BrClN4/c1-7(2)19-13(12(16)8(3)18-19)17-9-4-5-10(14)11(15)6-9/h4-7,17H,16H2,1-3H3. The van der Waals surface area contributed by atoms with Crippen LogP contribution in [0.2, 0.25) is 5.02 Å². The molecule has 6 heteroatoms. The summed E-state index contributed by atoms with van der Waals surface area (Å²) < 4.78 is 2.74. The van der Waals surface area contributed by atoms with E-state index in [1.165, 1.54) is 0 Å². The van der Waals surface area contributed by atoms with Crippen LogP contribution in [-0.2, 0) is 0 Å². The van der Waals surface area contributed by atoms with Crippen LogP contribution in [0.15, 0.2) is 22.7 Å². The summed E-state index contributed by atoms with van der Waals surface area (Å²) in [6.07, 6.45) is 0. The van der Waals surface area contributed by atoms with E-state index in [9.17, 15) is 0 Å². The molecule has 0 saturated carbocycles. The van der Waals surface area contributed by atoms with E-state index in [2.05, 4.69) is 40.2 Å². The highest BCUT2D eigenvalue weighted by Crippen LogP contribution is 2.31. The monoisotopic (exact) mass is 342 g/mol. The lowest BCUT2D eigenvalue weighted by Gasteiger charge is -2.13. The number of hydrogen-bond donors (Lipinski definition) is 2. The number of anilines is 3. The fraction of sp³-hybridized carbons (Fsp3) is 0.308. The first-order valence-corrected chi connectivity index (χ1v) is 7.14.